The van der Waals surface area contributed by atoms with Crippen molar-refractivity contribution in [2.24, 2.45) is 0 Å². The molecule has 0 aliphatic heterocycles. The van der Waals surface area contributed by atoms with Crippen LogP contribution in [-0.4, -0.2) is 14.8 Å². The first-order chi connectivity index (χ1) is 9.06. The molecular weight excluding hydrogens is 302 g/mol. The number of halogens is 1. The van der Waals surface area contributed by atoms with E-state index >= 15 is 0 Å². The van der Waals surface area contributed by atoms with Gasteiger partial charge < -0.3 is 0 Å². The van der Waals surface area contributed by atoms with Crippen LogP contribution in [-0.2, 0) is 0 Å². The molecule has 3 aromatic rings. The highest BCUT2D eigenvalue weighted by Gasteiger charge is 2.12. The third-order valence-electron chi connectivity index (χ3n) is 3.25. The maximum absolute atomic E-state index is 4.62. The highest BCUT2D eigenvalue weighted by Crippen LogP contribution is 2.24. The summed E-state index contributed by atoms with van der Waals surface area (Å²) in [5.74, 6) is 0. The average molecular weight is 316 g/mol. The van der Waals surface area contributed by atoms with Gasteiger partial charge in [-0.05, 0) is 54.4 Å². The van der Waals surface area contributed by atoms with Gasteiger partial charge in [0.1, 0.15) is 0 Å². The molecule has 1 aromatic carbocycles. The van der Waals surface area contributed by atoms with Crippen LogP contribution >= 0.6 is 15.9 Å². The molecule has 19 heavy (non-hydrogen) atoms. The first-order valence-corrected chi connectivity index (χ1v) is 6.94. The van der Waals surface area contributed by atoms with Gasteiger partial charge in [-0.15, -0.1) is 0 Å². The van der Waals surface area contributed by atoms with Crippen molar-refractivity contribution in [1.82, 2.24) is 14.8 Å². The fourth-order valence-electron chi connectivity index (χ4n) is 2.33. The van der Waals surface area contributed by atoms with E-state index in [1.165, 1.54) is 11.1 Å². The molecule has 0 N–H and O–H groups in total. The Labute approximate surface area is 120 Å². The summed E-state index contributed by atoms with van der Waals surface area (Å²) in [6.45, 7) is 6.21. The van der Waals surface area contributed by atoms with E-state index in [0.717, 1.165) is 26.9 Å². The monoisotopic (exact) mass is 315 g/mol. The summed E-state index contributed by atoms with van der Waals surface area (Å²) in [5, 5.41) is 5.70. The number of benzene rings is 1. The normalized spacial score (nSPS) is 11.2. The third kappa shape index (κ3) is 2.06. The zero-order valence-electron chi connectivity index (χ0n) is 11.1. The largest absolute Gasteiger partial charge is 0.235 e. The van der Waals surface area contributed by atoms with Crippen molar-refractivity contribution in [1.29, 1.82) is 0 Å². The van der Waals surface area contributed by atoms with E-state index in [0.29, 0.717) is 0 Å². The van der Waals surface area contributed by atoms with Crippen LogP contribution in [0.4, 0.5) is 0 Å². The van der Waals surface area contributed by atoms with E-state index in [-0.39, 0.29) is 0 Å². The lowest BCUT2D eigenvalue weighted by molar-refractivity contribution is 0.870. The minimum Gasteiger partial charge on any atom is -0.235 e. The van der Waals surface area contributed by atoms with Gasteiger partial charge in [0, 0.05) is 16.1 Å². The maximum atomic E-state index is 4.62. The number of hydrogen-bond donors (Lipinski definition) is 0. The van der Waals surface area contributed by atoms with E-state index in [9.17, 15) is 0 Å². The van der Waals surface area contributed by atoms with Crippen LogP contribution in [0.5, 0.6) is 0 Å². The lowest BCUT2D eigenvalue weighted by Crippen LogP contribution is -2.00. The van der Waals surface area contributed by atoms with Gasteiger partial charge in [-0.25, -0.2) is 9.67 Å². The van der Waals surface area contributed by atoms with E-state index in [1.54, 1.807) is 0 Å². The van der Waals surface area contributed by atoms with Gasteiger partial charge in [0.15, 0.2) is 5.65 Å². The quantitative estimate of drug-likeness (QED) is 0.676. The van der Waals surface area contributed by atoms with Gasteiger partial charge in [0.2, 0.25) is 0 Å². The number of hydrogen-bond acceptors (Lipinski definition) is 2. The fraction of sp³-hybridized carbons (Fsp3) is 0.200. The van der Waals surface area contributed by atoms with Gasteiger partial charge >= 0.3 is 0 Å². The summed E-state index contributed by atoms with van der Waals surface area (Å²) in [4.78, 5) is 4.50. The summed E-state index contributed by atoms with van der Waals surface area (Å²) in [6, 6.07) is 8.42. The molecule has 3 nitrogen and oxygen atoms in total. The number of aryl methyl sites for hydroxylation is 3. The van der Waals surface area contributed by atoms with E-state index < -0.39 is 0 Å². The zero-order chi connectivity index (χ0) is 13.6. The Morgan fingerprint density at radius 1 is 1.11 bits per heavy atom. The second-order valence-electron chi connectivity index (χ2n) is 4.81. The molecule has 0 amide bonds. The van der Waals surface area contributed by atoms with Crippen molar-refractivity contribution in [3.8, 4) is 5.69 Å². The number of fused-ring (bicyclic) bond motifs is 1. The van der Waals surface area contributed by atoms with Crippen molar-refractivity contribution in [3.05, 3.63) is 51.8 Å². The van der Waals surface area contributed by atoms with Gasteiger partial charge in [-0.1, -0.05) is 17.7 Å². The van der Waals surface area contributed by atoms with Gasteiger partial charge in [-0.2, -0.15) is 5.10 Å². The minimum atomic E-state index is 0.896. The fourth-order valence-corrected chi connectivity index (χ4v) is 2.66. The molecule has 0 unspecified atom stereocenters. The first kappa shape index (κ1) is 12.4. The first-order valence-electron chi connectivity index (χ1n) is 6.15. The van der Waals surface area contributed by atoms with Crippen molar-refractivity contribution < 1.29 is 0 Å². The molecule has 2 aromatic heterocycles. The minimum absolute atomic E-state index is 0.896. The summed E-state index contributed by atoms with van der Waals surface area (Å²) in [5.41, 5.74) is 5.43. The highest BCUT2D eigenvalue weighted by atomic mass is 79.9. The Hall–Kier alpha value is -1.68. The average Bonchev–Trinajstić information content (AvgIpc) is 2.66. The summed E-state index contributed by atoms with van der Waals surface area (Å²) >= 11 is 3.46. The van der Waals surface area contributed by atoms with Crippen LogP contribution in [0.3, 0.4) is 0 Å². The summed E-state index contributed by atoms with van der Waals surface area (Å²) in [6.07, 6.45) is 1.81. The Morgan fingerprint density at radius 2 is 1.89 bits per heavy atom. The van der Waals surface area contributed by atoms with Crippen LogP contribution < -0.4 is 0 Å². The Kier molecular flexibility index (Phi) is 2.90. The molecule has 0 fully saturated rings. The topological polar surface area (TPSA) is 30.7 Å². The molecule has 0 saturated carbocycles. The second kappa shape index (κ2) is 4.46. The van der Waals surface area contributed by atoms with Gasteiger partial charge in [0.25, 0.3) is 0 Å². The Morgan fingerprint density at radius 3 is 2.63 bits per heavy atom. The van der Waals surface area contributed by atoms with Crippen molar-refractivity contribution in [2.75, 3.05) is 0 Å². The summed E-state index contributed by atoms with van der Waals surface area (Å²) < 4.78 is 2.90. The lowest BCUT2D eigenvalue weighted by atomic mass is 10.1. The van der Waals surface area contributed by atoms with E-state index in [2.05, 4.69) is 64.1 Å². The van der Waals surface area contributed by atoms with E-state index in [4.69, 9.17) is 0 Å². The standard InChI is InChI=1S/C15H14BrN3/c1-9-4-5-14(10(2)6-9)19-15-13(11(3)18-19)7-12(16)8-17-15/h4-8H,1-3H3. The van der Waals surface area contributed by atoms with Crippen LogP contribution in [0, 0.1) is 20.8 Å². The molecule has 0 saturated heterocycles. The predicted octanol–water partition coefficient (Wildman–Crippen LogP) is 4.11. The van der Waals surface area contributed by atoms with E-state index in [1.807, 2.05) is 17.8 Å². The van der Waals surface area contributed by atoms with Crippen LogP contribution in [0.25, 0.3) is 16.7 Å². The zero-order valence-corrected chi connectivity index (χ0v) is 12.7. The smallest absolute Gasteiger partial charge is 0.163 e. The second-order valence-corrected chi connectivity index (χ2v) is 5.73. The molecule has 0 aliphatic carbocycles. The molecular formula is C15H14BrN3. The van der Waals surface area contributed by atoms with Crippen molar-refractivity contribution in [3.63, 3.8) is 0 Å². The molecule has 4 heteroatoms. The SMILES string of the molecule is Cc1ccc(-n2nc(C)c3cc(Br)cnc32)c(C)c1. The van der Waals surface area contributed by atoms with Crippen molar-refractivity contribution >= 4 is 27.0 Å². The number of aromatic nitrogens is 3. The molecule has 0 atom stereocenters. The van der Waals surface area contributed by atoms with Gasteiger partial charge in [-0.3, -0.25) is 0 Å². The molecule has 0 aliphatic rings. The Balaban J connectivity index is 2.31. The Bertz CT molecular complexity index is 774. The maximum Gasteiger partial charge on any atom is 0.163 e. The highest BCUT2D eigenvalue weighted by molar-refractivity contribution is 9.10. The van der Waals surface area contributed by atoms with Crippen LogP contribution in [0.15, 0.2) is 34.9 Å². The number of nitrogens with zero attached hydrogens (tertiary/aromatic N) is 3. The summed E-state index contributed by atoms with van der Waals surface area (Å²) in [7, 11) is 0. The number of rotatable bonds is 1. The molecule has 0 spiro atoms. The molecule has 3 rings (SSSR count). The van der Waals surface area contributed by atoms with Gasteiger partial charge in [0.05, 0.1) is 11.4 Å². The molecule has 0 radical (unpaired) electrons. The molecule has 96 valence electrons. The predicted molar refractivity (Wildman–Crippen MR) is 80.8 cm³/mol. The third-order valence-corrected chi connectivity index (χ3v) is 3.69. The molecule has 0 bridgehead atoms. The van der Waals surface area contributed by atoms with Crippen molar-refractivity contribution in [2.45, 2.75) is 20.8 Å². The lowest BCUT2D eigenvalue weighted by Gasteiger charge is -2.07. The molecule has 2 heterocycles. The number of pyridine rings is 1. The van der Waals surface area contributed by atoms with Crippen LogP contribution in [0.1, 0.15) is 16.8 Å². The van der Waals surface area contributed by atoms with Crippen LogP contribution in [0.2, 0.25) is 0 Å².